The number of nitriles is 1. The van der Waals surface area contributed by atoms with Crippen LogP contribution in [0.15, 0.2) is 24.3 Å². The van der Waals surface area contributed by atoms with Gasteiger partial charge in [-0.2, -0.15) is 5.26 Å². The second-order valence-corrected chi connectivity index (χ2v) is 2.88. The van der Waals surface area contributed by atoms with Crippen molar-refractivity contribution < 1.29 is 4.74 Å². The summed E-state index contributed by atoms with van der Waals surface area (Å²) in [4.78, 5) is 0. The zero-order valence-corrected chi connectivity index (χ0v) is 8.45. The number of benzene rings is 1. The van der Waals surface area contributed by atoms with E-state index in [0.717, 1.165) is 17.7 Å². The molecule has 0 aromatic heterocycles. The van der Waals surface area contributed by atoms with Crippen LogP contribution in [0.2, 0.25) is 0 Å². The first-order valence-corrected chi connectivity index (χ1v) is 4.56. The van der Waals surface area contributed by atoms with Crippen LogP contribution >= 0.6 is 0 Å². The van der Waals surface area contributed by atoms with Gasteiger partial charge in [-0.3, -0.25) is 0 Å². The second kappa shape index (κ2) is 5.08. The molecule has 1 rings (SSSR count). The Kier molecular flexibility index (Phi) is 3.75. The molecule has 0 aliphatic carbocycles. The number of methoxy groups -OCH3 is 1. The average Bonchev–Trinajstić information content (AvgIpc) is 2.25. The molecule has 0 aliphatic heterocycles. The predicted octanol–water partition coefficient (Wildman–Crippen LogP) is 2.99. The van der Waals surface area contributed by atoms with Gasteiger partial charge < -0.3 is 4.74 Å². The maximum atomic E-state index is 8.86. The lowest BCUT2D eigenvalue weighted by atomic mass is 10.1. The van der Waals surface area contributed by atoms with Crippen molar-refractivity contribution in [1.82, 2.24) is 0 Å². The third-order valence-corrected chi connectivity index (χ3v) is 1.91. The molecule has 1 aromatic carbocycles. The van der Waals surface area contributed by atoms with Gasteiger partial charge >= 0.3 is 0 Å². The van der Waals surface area contributed by atoms with E-state index in [1.54, 1.807) is 19.2 Å². The Morgan fingerprint density at radius 1 is 1.50 bits per heavy atom. The number of hydrogen-bond donors (Lipinski definition) is 0. The Labute approximate surface area is 84.4 Å². The first-order valence-electron chi connectivity index (χ1n) is 4.56. The molecule has 0 atom stereocenters. The SMILES string of the molecule is CC/C=C/c1cc(OC)ccc1C#N. The van der Waals surface area contributed by atoms with Crippen LogP contribution in [-0.4, -0.2) is 7.11 Å². The van der Waals surface area contributed by atoms with Crippen LogP contribution < -0.4 is 4.74 Å². The first kappa shape index (κ1) is 10.3. The lowest BCUT2D eigenvalue weighted by molar-refractivity contribution is 0.414. The molecule has 72 valence electrons. The normalized spacial score (nSPS) is 10.1. The lowest BCUT2D eigenvalue weighted by Crippen LogP contribution is -1.86. The van der Waals surface area contributed by atoms with Crippen LogP contribution in [0, 0.1) is 11.3 Å². The number of nitrogens with zero attached hydrogens (tertiary/aromatic N) is 1. The van der Waals surface area contributed by atoms with Gasteiger partial charge in [-0.25, -0.2) is 0 Å². The van der Waals surface area contributed by atoms with E-state index in [0.29, 0.717) is 5.56 Å². The Balaban J connectivity index is 3.10. The maximum absolute atomic E-state index is 8.86. The molecule has 0 spiro atoms. The van der Waals surface area contributed by atoms with Gasteiger partial charge in [0.25, 0.3) is 0 Å². The van der Waals surface area contributed by atoms with E-state index in [1.807, 2.05) is 18.2 Å². The van der Waals surface area contributed by atoms with Crippen molar-refractivity contribution in [3.05, 3.63) is 35.4 Å². The molecule has 0 N–H and O–H groups in total. The Morgan fingerprint density at radius 3 is 2.86 bits per heavy atom. The summed E-state index contributed by atoms with van der Waals surface area (Å²) >= 11 is 0. The van der Waals surface area contributed by atoms with Crippen LogP contribution in [-0.2, 0) is 0 Å². The maximum Gasteiger partial charge on any atom is 0.119 e. The number of hydrogen-bond acceptors (Lipinski definition) is 2. The zero-order chi connectivity index (χ0) is 10.4. The van der Waals surface area contributed by atoms with Gasteiger partial charge in [0.15, 0.2) is 0 Å². The van der Waals surface area contributed by atoms with Gasteiger partial charge in [0.2, 0.25) is 0 Å². The quantitative estimate of drug-likeness (QED) is 0.728. The molecule has 0 aliphatic rings. The monoisotopic (exact) mass is 187 g/mol. The van der Waals surface area contributed by atoms with E-state index in [2.05, 4.69) is 13.0 Å². The highest BCUT2D eigenvalue weighted by atomic mass is 16.5. The van der Waals surface area contributed by atoms with Gasteiger partial charge in [0, 0.05) is 0 Å². The minimum Gasteiger partial charge on any atom is -0.497 e. The van der Waals surface area contributed by atoms with Crippen molar-refractivity contribution in [2.75, 3.05) is 7.11 Å². The topological polar surface area (TPSA) is 33.0 Å². The van der Waals surface area contributed by atoms with E-state index < -0.39 is 0 Å². The van der Waals surface area contributed by atoms with Gasteiger partial charge in [-0.1, -0.05) is 19.1 Å². The van der Waals surface area contributed by atoms with Crippen LogP contribution in [0.1, 0.15) is 24.5 Å². The second-order valence-electron chi connectivity index (χ2n) is 2.88. The molecular weight excluding hydrogens is 174 g/mol. The van der Waals surface area contributed by atoms with E-state index >= 15 is 0 Å². The van der Waals surface area contributed by atoms with Gasteiger partial charge in [0.05, 0.1) is 18.7 Å². The number of allylic oxidation sites excluding steroid dienone is 1. The smallest absolute Gasteiger partial charge is 0.119 e. The fourth-order valence-electron chi connectivity index (χ4n) is 1.15. The van der Waals surface area contributed by atoms with E-state index in [-0.39, 0.29) is 0 Å². The largest absolute Gasteiger partial charge is 0.497 e. The molecule has 0 saturated heterocycles. The molecular formula is C12H13NO. The molecule has 0 heterocycles. The standard InChI is InChI=1S/C12H13NO/c1-3-4-5-10-8-12(14-2)7-6-11(10)9-13/h4-8H,3H2,1-2H3/b5-4+. The first-order chi connectivity index (χ1) is 6.81. The number of rotatable bonds is 3. The van der Waals surface area contributed by atoms with Crippen molar-refractivity contribution >= 4 is 6.08 Å². The molecule has 0 bridgehead atoms. The summed E-state index contributed by atoms with van der Waals surface area (Å²) in [5.74, 6) is 0.778. The molecule has 2 nitrogen and oxygen atoms in total. The molecule has 0 amide bonds. The molecule has 1 aromatic rings. The van der Waals surface area contributed by atoms with E-state index in [1.165, 1.54) is 0 Å². The fourth-order valence-corrected chi connectivity index (χ4v) is 1.15. The Morgan fingerprint density at radius 2 is 2.29 bits per heavy atom. The van der Waals surface area contributed by atoms with E-state index in [9.17, 15) is 0 Å². The minimum atomic E-state index is 0.676. The molecule has 0 saturated carbocycles. The van der Waals surface area contributed by atoms with Gasteiger partial charge in [-0.15, -0.1) is 0 Å². The third-order valence-electron chi connectivity index (χ3n) is 1.91. The van der Waals surface area contributed by atoms with Crippen molar-refractivity contribution in [3.8, 4) is 11.8 Å². The molecule has 0 radical (unpaired) electrons. The highest BCUT2D eigenvalue weighted by molar-refractivity contribution is 5.60. The van der Waals surface area contributed by atoms with Crippen LogP contribution in [0.3, 0.4) is 0 Å². The summed E-state index contributed by atoms with van der Waals surface area (Å²) in [7, 11) is 1.62. The fraction of sp³-hybridized carbons (Fsp3) is 0.250. The van der Waals surface area contributed by atoms with Crippen molar-refractivity contribution in [3.63, 3.8) is 0 Å². The molecule has 2 heteroatoms. The summed E-state index contributed by atoms with van der Waals surface area (Å²) in [6.07, 6.45) is 4.93. The summed E-state index contributed by atoms with van der Waals surface area (Å²) in [6, 6.07) is 7.58. The van der Waals surface area contributed by atoms with Crippen molar-refractivity contribution in [2.45, 2.75) is 13.3 Å². The molecule has 0 unspecified atom stereocenters. The van der Waals surface area contributed by atoms with Crippen molar-refractivity contribution in [2.24, 2.45) is 0 Å². The highest BCUT2D eigenvalue weighted by Crippen LogP contribution is 2.18. The number of ether oxygens (including phenoxy) is 1. The minimum absolute atomic E-state index is 0.676. The lowest BCUT2D eigenvalue weighted by Gasteiger charge is -2.02. The van der Waals surface area contributed by atoms with E-state index in [4.69, 9.17) is 10.00 Å². The predicted molar refractivity (Wildman–Crippen MR) is 57.0 cm³/mol. The van der Waals surface area contributed by atoms with Crippen LogP contribution in [0.25, 0.3) is 6.08 Å². The zero-order valence-electron chi connectivity index (χ0n) is 8.45. The summed E-state index contributed by atoms with van der Waals surface area (Å²) in [6.45, 7) is 2.06. The molecule has 14 heavy (non-hydrogen) atoms. The average molecular weight is 187 g/mol. The van der Waals surface area contributed by atoms with Crippen LogP contribution in [0.4, 0.5) is 0 Å². The van der Waals surface area contributed by atoms with Crippen LogP contribution in [0.5, 0.6) is 5.75 Å². The summed E-state index contributed by atoms with van der Waals surface area (Å²) in [5, 5.41) is 8.86. The Bertz CT molecular complexity index is 374. The third kappa shape index (κ3) is 2.37. The van der Waals surface area contributed by atoms with Crippen molar-refractivity contribution in [1.29, 1.82) is 5.26 Å². The highest BCUT2D eigenvalue weighted by Gasteiger charge is 1.99. The summed E-state index contributed by atoms with van der Waals surface area (Å²) < 4.78 is 5.09. The summed E-state index contributed by atoms with van der Waals surface area (Å²) in [5.41, 5.74) is 1.59. The Hall–Kier alpha value is -1.75. The molecule has 0 fully saturated rings. The van der Waals surface area contributed by atoms with Gasteiger partial charge in [-0.05, 0) is 30.2 Å². The van der Waals surface area contributed by atoms with Gasteiger partial charge in [0.1, 0.15) is 5.75 Å².